The van der Waals surface area contributed by atoms with Crippen LogP contribution in [-0.2, 0) is 4.79 Å². The Balaban J connectivity index is 2.26. The van der Waals surface area contributed by atoms with E-state index >= 15 is 0 Å². The molecular formula is C15H21ClN2O2. The van der Waals surface area contributed by atoms with Crippen LogP contribution in [0.5, 0.6) is 5.75 Å². The van der Waals surface area contributed by atoms with Crippen molar-refractivity contribution in [3.63, 3.8) is 0 Å². The van der Waals surface area contributed by atoms with Crippen molar-refractivity contribution in [2.24, 2.45) is 11.1 Å². The summed E-state index contributed by atoms with van der Waals surface area (Å²) in [6.45, 7) is 3.82. The summed E-state index contributed by atoms with van der Waals surface area (Å²) in [6.07, 6.45) is 2.69. The number of rotatable bonds is 3. The number of methoxy groups -OCH3 is 1. The van der Waals surface area contributed by atoms with Crippen molar-refractivity contribution in [1.29, 1.82) is 0 Å². The van der Waals surface area contributed by atoms with Crippen molar-refractivity contribution in [3.8, 4) is 5.75 Å². The molecule has 1 amide bonds. The topological polar surface area (TPSA) is 64.3 Å². The monoisotopic (exact) mass is 296 g/mol. The SMILES string of the molecule is COc1cc(Cl)c(C)cc1NC(=O)C1(C)CCCC1N. The summed E-state index contributed by atoms with van der Waals surface area (Å²) >= 11 is 6.07. The first-order valence-electron chi connectivity index (χ1n) is 6.79. The van der Waals surface area contributed by atoms with Crippen molar-refractivity contribution in [1.82, 2.24) is 0 Å². The van der Waals surface area contributed by atoms with Crippen LogP contribution >= 0.6 is 11.6 Å². The first-order chi connectivity index (χ1) is 9.38. The van der Waals surface area contributed by atoms with Gasteiger partial charge in [-0.1, -0.05) is 18.0 Å². The van der Waals surface area contributed by atoms with Crippen molar-refractivity contribution in [2.75, 3.05) is 12.4 Å². The Kier molecular flexibility index (Phi) is 4.25. The molecule has 0 aliphatic heterocycles. The van der Waals surface area contributed by atoms with Gasteiger partial charge in [0.2, 0.25) is 5.91 Å². The normalized spacial score (nSPS) is 25.6. The molecule has 0 saturated heterocycles. The molecule has 2 rings (SSSR count). The Bertz CT molecular complexity index is 533. The van der Waals surface area contributed by atoms with E-state index in [4.69, 9.17) is 22.1 Å². The van der Waals surface area contributed by atoms with Crippen LogP contribution in [-0.4, -0.2) is 19.1 Å². The molecular weight excluding hydrogens is 276 g/mol. The van der Waals surface area contributed by atoms with Gasteiger partial charge in [0.15, 0.2) is 0 Å². The second-order valence-electron chi connectivity index (χ2n) is 5.67. The highest BCUT2D eigenvalue weighted by atomic mass is 35.5. The minimum atomic E-state index is -0.515. The fraction of sp³-hybridized carbons (Fsp3) is 0.533. The number of hydrogen-bond acceptors (Lipinski definition) is 3. The molecule has 0 radical (unpaired) electrons. The van der Waals surface area contributed by atoms with Crippen LogP contribution in [0.3, 0.4) is 0 Å². The molecule has 4 nitrogen and oxygen atoms in total. The van der Waals surface area contributed by atoms with E-state index in [0.717, 1.165) is 24.8 Å². The zero-order chi connectivity index (χ0) is 14.9. The number of nitrogens with two attached hydrogens (primary N) is 1. The third-order valence-electron chi connectivity index (χ3n) is 4.28. The van der Waals surface area contributed by atoms with Gasteiger partial charge in [-0.05, 0) is 38.3 Å². The van der Waals surface area contributed by atoms with Crippen molar-refractivity contribution < 1.29 is 9.53 Å². The maximum Gasteiger partial charge on any atom is 0.231 e. The van der Waals surface area contributed by atoms with E-state index < -0.39 is 5.41 Å². The van der Waals surface area contributed by atoms with Gasteiger partial charge in [0.25, 0.3) is 0 Å². The second-order valence-corrected chi connectivity index (χ2v) is 6.08. The summed E-state index contributed by atoms with van der Waals surface area (Å²) in [4.78, 5) is 12.5. The van der Waals surface area contributed by atoms with Gasteiger partial charge in [0.1, 0.15) is 5.75 Å². The smallest absolute Gasteiger partial charge is 0.231 e. The van der Waals surface area contributed by atoms with E-state index in [1.54, 1.807) is 13.2 Å². The lowest BCUT2D eigenvalue weighted by atomic mass is 9.84. The van der Waals surface area contributed by atoms with Crippen LogP contribution in [0.4, 0.5) is 5.69 Å². The van der Waals surface area contributed by atoms with E-state index in [1.807, 2.05) is 19.9 Å². The molecule has 1 aromatic rings. The van der Waals surface area contributed by atoms with Crippen molar-refractivity contribution in [3.05, 3.63) is 22.7 Å². The fourth-order valence-electron chi connectivity index (χ4n) is 2.67. The average molecular weight is 297 g/mol. The lowest BCUT2D eigenvalue weighted by Crippen LogP contribution is -2.44. The highest BCUT2D eigenvalue weighted by molar-refractivity contribution is 6.31. The summed E-state index contributed by atoms with van der Waals surface area (Å²) in [5, 5.41) is 3.55. The van der Waals surface area contributed by atoms with Crippen molar-refractivity contribution >= 4 is 23.2 Å². The van der Waals surface area contributed by atoms with Gasteiger partial charge in [0.05, 0.1) is 18.2 Å². The van der Waals surface area contributed by atoms with Crippen LogP contribution < -0.4 is 15.8 Å². The first kappa shape index (κ1) is 15.1. The zero-order valence-corrected chi connectivity index (χ0v) is 12.9. The summed E-state index contributed by atoms with van der Waals surface area (Å²) in [5.74, 6) is 0.506. The molecule has 1 fully saturated rings. The first-order valence-corrected chi connectivity index (χ1v) is 7.17. The summed E-state index contributed by atoms with van der Waals surface area (Å²) in [6, 6.07) is 3.44. The minimum Gasteiger partial charge on any atom is -0.495 e. The summed E-state index contributed by atoms with van der Waals surface area (Å²) in [5.41, 5.74) is 7.09. The number of aryl methyl sites for hydroxylation is 1. The number of halogens is 1. The molecule has 1 aliphatic carbocycles. The van der Waals surface area contributed by atoms with Gasteiger partial charge >= 0.3 is 0 Å². The van der Waals surface area contributed by atoms with Crippen LogP contribution in [0.25, 0.3) is 0 Å². The number of nitrogens with one attached hydrogen (secondary N) is 1. The lowest BCUT2D eigenvalue weighted by Gasteiger charge is -2.28. The van der Waals surface area contributed by atoms with Gasteiger partial charge in [0, 0.05) is 17.1 Å². The molecule has 110 valence electrons. The van der Waals surface area contributed by atoms with Gasteiger partial charge in [-0.25, -0.2) is 0 Å². The van der Waals surface area contributed by atoms with E-state index in [1.165, 1.54) is 0 Å². The molecule has 3 N–H and O–H groups in total. The van der Waals surface area contributed by atoms with E-state index in [0.29, 0.717) is 16.5 Å². The number of ether oxygens (including phenoxy) is 1. The Morgan fingerprint density at radius 1 is 1.55 bits per heavy atom. The van der Waals surface area contributed by atoms with E-state index in [-0.39, 0.29) is 11.9 Å². The maximum absolute atomic E-state index is 12.5. The van der Waals surface area contributed by atoms with Crippen LogP contribution in [0, 0.1) is 12.3 Å². The molecule has 1 saturated carbocycles. The fourth-order valence-corrected chi connectivity index (χ4v) is 2.82. The predicted octanol–water partition coefficient (Wildman–Crippen LogP) is 3.11. The standard InChI is InChI=1S/C15H21ClN2O2/c1-9-7-11(12(20-3)8-10(9)16)18-14(19)15(2)6-4-5-13(15)17/h7-8,13H,4-6,17H2,1-3H3,(H,18,19). The zero-order valence-electron chi connectivity index (χ0n) is 12.1. The third kappa shape index (κ3) is 2.63. The second kappa shape index (κ2) is 5.62. The molecule has 2 unspecified atom stereocenters. The maximum atomic E-state index is 12.5. The number of carbonyl (C=O) groups is 1. The van der Waals surface area contributed by atoms with Crippen LogP contribution in [0.1, 0.15) is 31.7 Å². The Morgan fingerprint density at radius 3 is 2.80 bits per heavy atom. The van der Waals surface area contributed by atoms with Crippen molar-refractivity contribution in [2.45, 2.75) is 39.2 Å². The third-order valence-corrected chi connectivity index (χ3v) is 4.68. The molecule has 0 heterocycles. The molecule has 0 bridgehead atoms. The average Bonchev–Trinajstić information content (AvgIpc) is 2.75. The van der Waals surface area contributed by atoms with E-state index in [9.17, 15) is 4.79 Å². The van der Waals surface area contributed by atoms with E-state index in [2.05, 4.69) is 5.32 Å². The quantitative estimate of drug-likeness (QED) is 0.901. The molecule has 0 aromatic heterocycles. The number of carbonyl (C=O) groups excluding carboxylic acids is 1. The molecule has 1 aliphatic rings. The highest BCUT2D eigenvalue weighted by Gasteiger charge is 2.43. The summed E-state index contributed by atoms with van der Waals surface area (Å²) in [7, 11) is 1.56. The van der Waals surface area contributed by atoms with Gasteiger partial charge < -0.3 is 15.8 Å². The molecule has 20 heavy (non-hydrogen) atoms. The number of amides is 1. The predicted molar refractivity (Wildman–Crippen MR) is 81.3 cm³/mol. The molecule has 5 heteroatoms. The molecule has 2 atom stereocenters. The number of hydrogen-bond donors (Lipinski definition) is 2. The number of benzene rings is 1. The lowest BCUT2D eigenvalue weighted by molar-refractivity contribution is -0.125. The van der Waals surface area contributed by atoms with Crippen LogP contribution in [0.15, 0.2) is 12.1 Å². The van der Waals surface area contributed by atoms with Gasteiger partial charge in [-0.3, -0.25) is 4.79 Å². The molecule has 0 spiro atoms. The van der Waals surface area contributed by atoms with Crippen LogP contribution in [0.2, 0.25) is 5.02 Å². The summed E-state index contributed by atoms with van der Waals surface area (Å²) < 4.78 is 5.27. The Morgan fingerprint density at radius 2 is 2.25 bits per heavy atom. The van der Waals surface area contributed by atoms with Gasteiger partial charge in [-0.2, -0.15) is 0 Å². The Labute approximate surface area is 124 Å². The number of anilines is 1. The van der Waals surface area contributed by atoms with Gasteiger partial charge in [-0.15, -0.1) is 0 Å². The highest BCUT2D eigenvalue weighted by Crippen LogP contribution is 2.39. The largest absolute Gasteiger partial charge is 0.495 e. The minimum absolute atomic E-state index is 0.0532. The Hall–Kier alpha value is -1.26. The molecule has 1 aromatic carbocycles.